The largest absolute Gasteiger partial charge is 0.497 e. The summed E-state index contributed by atoms with van der Waals surface area (Å²) in [6.07, 6.45) is 0.0786. The Balaban J connectivity index is 1.32. The van der Waals surface area contributed by atoms with Gasteiger partial charge < -0.3 is 14.4 Å². The normalized spacial score (nSPS) is 14.0. The molecular weight excluding hydrogens is 342 g/mol. The number of ether oxygens (including phenoxy) is 2. The highest BCUT2D eigenvalue weighted by Crippen LogP contribution is 2.24. The highest BCUT2D eigenvalue weighted by Gasteiger charge is 2.32. The molecule has 3 aromatic rings. The molecule has 1 N–H and O–H groups in total. The van der Waals surface area contributed by atoms with Gasteiger partial charge in [0.1, 0.15) is 11.4 Å². The van der Waals surface area contributed by atoms with Gasteiger partial charge in [-0.15, -0.1) is 0 Å². The number of likely N-dealkylation sites (tertiary alicyclic amines) is 1. The van der Waals surface area contributed by atoms with Crippen LogP contribution in [0.2, 0.25) is 0 Å². The summed E-state index contributed by atoms with van der Waals surface area (Å²) in [6.45, 7) is 1.76. The van der Waals surface area contributed by atoms with Crippen LogP contribution >= 0.6 is 0 Å². The Morgan fingerprint density at radius 3 is 2.74 bits per heavy atom. The molecule has 1 fully saturated rings. The number of carbonyl (C=O) groups excluding carboxylic acids is 1. The highest BCUT2D eigenvalue weighted by atomic mass is 16.5. The quantitative estimate of drug-likeness (QED) is 0.731. The van der Waals surface area contributed by atoms with E-state index in [2.05, 4.69) is 10.2 Å². The summed E-state index contributed by atoms with van der Waals surface area (Å²) >= 11 is 0. The van der Waals surface area contributed by atoms with Crippen molar-refractivity contribution in [3.8, 4) is 17.0 Å². The first-order chi connectivity index (χ1) is 13.2. The fourth-order valence-electron chi connectivity index (χ4n) is 3.03. The minimum Gasteiger partial charge on any atom is -0.497 e. The van der Waals surface area contributed by atoms with Crippen LogP contribution in [0.25, 0.3) is 11.3 Å². The molecule has 138 valence electrons. The fourth-order valence-corrected chi connectivity index (χ4v) is 3.03. The van der Waals surface area contributed by atoms with E-state index < -0.39 is 0 Å². The van der Waals surface area contributed by atoms with Crippen LogP contribution in [0, 0.1) is 0 Å². The molecule has 6 nitrogen and oxygen atoms in total. The van der Waals surface area contributed by atoms with Crippen molar-refractivity contribution in [2.75, 3.05) is 20.2 Å². The number of nitrogens with zero attached hydrogens (tertiary/aromatic N) is 2. The molecule has 0 unspecified atom stereocenters. The number of aromatic nitrogens is 2. The minimum atomic E-state index is -0.0591. The summed E-state index contributed by atoms with van der Waals surface area (Å²) in [4.78, 5) is 14.4. The second-order valence-electron chi connectivity index (χ2n) is 6.53. The van der Waals surface area contributed by atoms with Gasteiger partial charge in [-0.25, -0.2) is 0 Å². The van der Waals surface area contributed by atoms with Gasteiger partial charge in [0.2, 0.25) is 0 Å². The molecule has 0 atom stereocenters. The molecule has 2 aromatic carbocycles. The molecule has 0 bridgehead atoms. The van der Waals surface area contributed by atoms with Crippen LogP contribution in [0.15, 0.2) is 60.7 Å². The van der Waals surface area contributed by atoms with Crippen molar-refractivity contribution in [3.05, 3.63) is 71.9 Å². The number of aromatic amines is 1. The van der Waals surface area contributed by atoms with Crippen LogP contribution in [0.3, 0.4) is 0 Å². The SMILES string of the molecule is COc1cccc(-c2cc(C(=O)N3CC(OCc4ccccc4)C3)[nH]n2)c1. The van der Waals surface area contributed by atoms with Gasteiger partial charge in [0.15, 0.2) is 0 Å². The molecule has 4 rings (SSSR count). The van der Waals surface area contributed by atoms with Crippen molar-refractivity contribution in [2.45, 2.75) is 12.7 Å². The second-order valence-corrected chi connectivity index (χ2v) is 6.53. The van der Waals surface area contributed by atoms with Gasteiger partial charge in [-0.2, -0.15) is 5.10 Å². The summed E-state index contributed by atoms with van der Waals surface area (Å²) in [5, 5.41) is 7.10. The third kappa shape index (κ3) is 3.85. The first-order valence-corrected chi connectivity index (χ1v) is 8.87. The lowest BCUT2D eigenvalue weighted by Gasteiger charge is -2.38. The molecule has 0 aliphatic carbocycles. The van der Waals surface area contributed by atoms with E-state index in [0.717, 1.165) is 22.6 Å². The Hall–Kier alpha value is -3.12. The number of hydrogen-bond donors (Lipinski definition) is 1. The van der Waals surface area contributed by atoms with Crippen molar-refractivity contribution in [1.82, 2.24) is 15.1 Å². The van der Waals surface area contributed by atoms with Crippen LogP contribution in [0.5, 0.6) is 5.75 Å². The van der Waals surface area contributed by atoms with Crippen LogP contribution in [0.4, 0.5) is 0 Å². The first-order valence-electron chi connectivity index (χ1n) is 8.87. The van der Waals surface area contributed by atoms with Gasteiger partial charge >= 0.3 is 0 Å². The third-order valence-corrected chi connectivity index (χ3v) is 4.64. The Labute approximate surface area is 157 Å². The number of hydrogen-bond acceptors (Lipinski definition) is 4. The topological polar surface area (TPSA) is 67.4 Å². The van der Waals surface area contributed by atoms with Crippen molar-refractivity contribution in [3.63, 3.8) is 0 Å². The number of benzene rings is 2. The number of H-pyrrole nitrogens is 1. The number of nitrogens with one attached hydrogen (secondary N) is 1. The van der Waals surface area contributed by atoms with Gasteiger partial charge in [0.25, 0.3) is 5.91 Å². The Morgan fingerprint density at radius 2 is 1.96 bits per heavy atom. The van der Waals surface area contributed by atoms with E-state index in [1.165, 1.54) is 0 Å². The maximum Gasteiger partial charge on any atom is 0.272 e. The van der Waals surface area contributed by atoms with E-state index in [1.807, 2.05) is 54.6 Å². The summed E-state index contributed by atoms with van der Waals surface area (Å²) in [7, 11) is 1.62. The third-order valence-electron chi connectivity index (χ3n) is 4.64. The van der Waals surface area contributed by atoms with E-state index in [9.17, 15) is 4.79 Å². The molecule has 0 radical (unpaired) electrons. The predicted molar refractivity (Wildman–Crippen MR) is 101 cm³/mol. The van der Waals surface area contributed by atoms with E-state index in [-0.39, 0.29) is 12.0 Å². The van der Waals surface area contributed by atoms with Crippen molar-refractivity contribution >= 4 is 5.91 Å². The molecule has 1 saturated heterocycles. The van der Waals surface area contributed by atoms with E-state index in [0.29, 0.717) is 25.4 Å². The molecule has 0 spiro atoms. The zero-order valence-electron chi connectivity index (χ0n) is 15.1. The van der Waals surface area contributed by atoms with Crippen LogP contribution < -0.4 is 4.74 Å². The number of methoxy groups -OCH3 is 1. The first kappa shape index (κ1) is 17.3. The Kier molecular flexibility index (Phi) is 4.89. The average molecular weight is 363 g/mol. The highest BCUT2D eigenvalue weighted by molar-refractivity contribution is 5.94. The smallest absolute Gasteiger partial charge is 0.272 e. The van der Waals surface area contributed by atoms with Crippen molar-refractivity contribution in [1.29, 1.82) is 0 Å². The monoisotopic (exact) mass is 363 g/mol. The zero-order valence-corrected chi connectivity index (χ0v) is 15.1. The van der Waals surface area contributed by atoms with Crippen LogP contribution in [-0.4, -0.2) is 47.3 Å². The standard InChI is InChI=1S/C21H21N3O3/c1-26-17-9-5-8-16(10-17)19-11-20(23-22-19)21(25)24-12-18(13-24)27-14-15-6-3-2-4-7-15/h2-11,18H,12-14H2,1H3,(H,22,23). The molecule has 1 amide bonds. The fraction of sp³-hybridized carbons (Fsp3) is 0.238. The Bertz CT molecular complexity index is 917. The van der Waals surface area contributed by atoms with Gasteiger partial charge in [-0.1, -0.05) is 42.5 Å². The van der Waals surface area contributed by atoms with Gasteiger partial charge in [-0.05, 0) is 23.8 Å². The molecule has 27 heavy (non-hydrogen) atoms. The maximum absolute atomic E-state index is 12.6. The minimum absolute atomic E-state index is 0.0591. The Morgan fingerprint density at radius 1 is 1.15 bits per heavy atom. The maximum atomic E-state index is 12.6. The molecule has 1 aliphatic rings. The van der Waals surface area contributed by atoms with Gasteiger partial charge in [0.05, 0.1) is 25.5 Å². The lowest BCUT2D eigenvalue weighted by molar-refractivity contribution is -0.0504. The molecule has 1 aromatic heterocycles. The van der Waals surface area contributed by atoms with Crippen LogP contribution in [0.1, 0.15) is 16.1 Å². The molecular formula is C21H21N3O3. The van der Waals surface area contributed by atoms with Crippen LogP contribution in [-0.2, 0) is 11.3 Å². The summed E-state index contributed by atoms with van der Waals surface area (Å²) in [6, 6.07) is 19.4. The average Bonchev–Trinajstić information content (AvgIpc) is 3.18. The summed E-state index contributed by atoms with van der Waals surface area (Å²) in [5.41, 5.74) is 3.24. The van der Waals surface area contributed by atoms with E-state index >= 15 is 0 Å². The summed E-state index contributed by atoms with van der Waals surface area (Å²) < 4.78 is 11.1. The van der Waals surface area contributed by atoms with Crippen molar-refractivity contribution < 1.29 is 14.3 Å². The lowest BCUT2D eigenvalue weighted by atomic mass is 10.1. The molecule has 6 heteroatoms. The van der Waals surface area contributed by atoms with Gasteiger partial charge in [-0.3, -0.25) is 9.89 Å². The number of carbonyl (C=O) groups is 1. The predicted octanol–water partition coefficient (Wildman–Crippen LogP) is 3.13. The lowest BCUT2D eigenvalue weighted by Crippen LogP contribution is -2.54. The second kappa shape index (κ2) is 7.63. The van der Waals surface area contributed by atoms with E-state index in [1.54, 1.807) is 18.1 Å². The number of rotatable bonds is 6. The molecule has 1 aliphatic heterocycles. The van der Waals surface area contributed by atoms with E-state index in [4.69, 9.17) is 9.47 Å². The van der Waals surface area contributed by atoms with Gasteiger partial charge in [0, 0.05) is 18.7 Å². The zero-order chi connectivity index (χ0) is 18.6. The number of amides is 1. The summed E-state index contributed by atoms with van der Waals surface area (Å²) in [5.74, 6) is 0.695. The molecule has 2 heterocycles. The van der Waals surface area contributed by atoms with Crippen molar-refractivity contribution in [2.24, 2.45) is 0 Å². The molecule has 0 saturated carbocycles.